The number of hydrogen-bond acceptors (Lipinski definition) is 4. The molecular weight excluding hydrogens is 304 g/mol. The van der Waals surface area contributed by atoms with E-state index in [0.717, 1.165) is 38.5 Å². The van der Waals surface area contributed by atoms with Gasteiger partial charge in [0, 0.05) is 25.3 Å². The molecule has 1 aromatic rings. The monoisotopic (exact) mass is 326 g/mol. The molecule has 22 heavy (non-hydrogen) atoms. The maximum atomic E-state index is 12.4. The molecular formula is C14H22N4O3S. The van der Waals surface area contributed by atoms with E-state index in [1.807, 2.05) is 0 Å². The Kier molecular flexibility index (Phi) is 4.49. The van der Waals surface area contributed by atoms with Crippen LogP contribution in [0.25, 0.3) is 0 Å². The summed E-state index contributed by atoms with van der Waals surface area (Å²) in [5, 5.41) is 3.01. The number of amides is 1. The van der Waals surface area contributed by atoms with Gasteiger partial charge < -0.3 is 9.88 Å². The van der Waals surface area contributed by atoms with Crippen LogP contribution >= 0.6 is 0 Å². The van der Waals surface area contributed by atoms with Crippen LogP contribution in [0.15, 0.2) is 17.6 Å². The van der Waals surface area contributed by atoms with Gasteiger partial charge in [-0.05, 0) is 25.7 Å². The first-order valence-corrected chi connectivity index (χ1v) is 9.31. The third-order valence-corrected chi connectivity index (χ3v) is 6.11. The number of sulfonamides is 1. The van der Waals surface area contributed by atoms with Gasteiger partial charge in [0.25, 0.3) is 10.0 Å². The fraction of sp³-hybridized carbons (Fsp3) is 0.714. The molecule has 122 valence electrons. The highest BCUT2D eigenvalue weighted by atomic mass is 32.2. The molecule has 1 saturated heterocycles. The Hall–Kier alpha value is -1.41. The van der Waals surface area contributed by atoms with E-state index in [9.17, 15) is 13.2 Å². The van der Waals surface area contributed by atoms with Crippen LogP contribution in [0, 0.1) is 0 Å². The van der Waals surface area contributed by atoms with Gasteiger partial charge in [-0.15, -0.1) is 0 Å². The van der Waals surface area contributed by atoms with Gasteiger partial charge in [-0.25, -0.2) is 13.4 Å². The average Bonchev–Trinajstić information content (AvgIpc) is 3.21. The minimum atomic E-state index is -3.51. The highest BCUT2D eigenvalue weighted by molar-refractivity contribution is 7.89. The van der Waals surface area contributed by atoms with Crippen LogP contribution in [0.4, 0.5) is 0 Å². The lowest BCUT2D eigenvalue weighted by Gasteiger charge is -2.13. The number of hydrogen-bond donors (Lipinski definition) is 1. The van der Waals surface area contributed by atoms with E-state index in [1.165, 1.54) is 21.4 Å². The number of carbonyl (C=O) groups excluding carboxylic acids is 1. The summed E-state index contributed by atoms with van der Waals surface area (Å²) in [6, 6.07) is 0.267. The first-order valence-electron chi connectivity index (χ1n) is 7.87. The molecule has 8 heteroatoms. The molecule has 1 aliphatic carbocycles. The largest absolute Gasteiger partial charge is 0.352 e. The fourth-order valence-electron chi connectivity index (χ4n) is 3.13. The molecule has 0 bridgehead atoms. The van der Waals surface area contributed by atoms with Gasteiger partial charge in [0.15, 0.2) is 5.03 Å². The molecule has 1 N–H and O–H groups in total. The topological polar surface area (TPSA) is 84.3 Å². The zero-order valence-electron chi connectivity index (χ0n) is 12.6. The molecule has 3 rings (SSSR count). The van der Waals surface area contributed by atoms with Crippen molar-refractivity contribution in [1.82, 2.24) is 19.2 Å². The standard InChI is InChI=1S/C14H22N4O3S/c19-13(16-12-5-1-2-6-12)9-17-10-14(15-11-17)22(20,21)18-7-3-4-8-18/h10-12H,1-9H2,(H,16,19). The van der Waals surface area contributed by atoms with Crippen molar-refractivity contribution in [2.24, 2.45) is 0 Å². The van der Waals surface area contributed by atoms with Crippen LogP contribution in [0.2, 0.25) is 0 Å². The summed E-state index contributed by atoms with van der Waals surface area (Å²) < 4.78 is 27.7. The molecule has 0 radical (unpaired) electrons. The van der Waals surface area contributed by atoms with Crippen LogP contribution in [-0.4, -0.2) is 47.3 Å². The average molecular weight is 326 g/mol. The highest BCUT2D eigenvalue weighted by Gasteiger charge is 2.29. The summed E-state index contributed by atoms with van der Waals surface area (Å²) in [5.41, 5.74) is 0. The van der Waals surface area contributed by atoms with Crippen molar-refractivity contribution in [3.63, 3.8) is 0 Å². The van der Waals surface area contributed by atoms with Crippen LogP contribution in [0.1, 0.15) is 38.5 Å². The Morgan fingerprint density at radius 3 is 2.59 bits per heavy atom. The Labute approximate surface area is 130 Å². The lowest BCUT2D eigenvalue weighted by atomic mass is 10.2. The molecule has 1 amide bonds. The first-order chi connectivity index (χ1) is 10.6. The Bertz CT molecular complexity index is 628. The van der Waals surface area contributed by atoms with E-state index in [2.05, 4.69) is 10.3 Å². The van der Waals surface area contributed by atoms with Gasteiger partial charge in [0.2, 0.25) is 5.91 Å². The molecule has 2 heterocycles. The third kappa shape index (κ3) is 3.33. The maximum absolute atomic E-state index is 12.4. The van der Waals surface area contributed by atoms with Gasteiger partial charge in [-0.1, -0.05) is 12.8 Å². The van der Waals surface area contributed by atoms with Crippen LogP contribution in [-0.2, 0) is 21.4 Å². The molecule has 0 unspecified atom stereocenters. The summed E-state index contributed by atoms with van der Waals surface area (Å²) in [4.78, 5) is 15.9. The van der Waals surface area contributed by atoms with Crippen molar-refractivity contribution in [3.05, 3.63) is 12.5 Å². The quantitative estimate of drug-likeness (QED) is 0.864. The first kappa shape index (κ1) is 15.5. The molecule has 7 nitrogen and oxygen atoms in total. The number of nitrogens with one attached hydrogen (secondary N) is 1. The number of aromatic nitrogens is 2. The highest BCUT2D eigenvalue weighted by Crippen LogP contribution is 2.19. The van der Waals surface area contributed by atoms with E-state index in [0.29, 0.717) is 13.1 Å². The zero-order valence-corrected chi connectivity index (χ0v) is 13.4. The summed E-state index contributed by atoms with van der Waals surface area (Å²) in [6.45, 7) is 1.22. The van der Waals surface area contributed by atoms with Crippen molar-refractivity contribution < 1.29 is 13.2 Å². The maximum Gasteiger partial charge on any atom is 0.262 e. The summed E-state index contributed by atoms with van der Waals surface area (Å²) in [5.74, 6) is -0.0885. The minimum absolute atomic E-state index is 0.0306. The molecule has 1 aromatic heterocycles. The minimum Gasteiger partial charge on any atom is -0.352 e. The van der Waals surface area contributed by atoms with Gasteiger partial charge >= 0.3 is 0 Å². The molecule has 1 aliphatic heterocycles. The molecule has 2 aliphatic rings. The summed E-state index contributed by atoms with van der Waals surface area (Å²) in [6.07, 6.45) is 9.03. The fourth-order valence-corrected chi connectivity index (χ4v) is 4.58. The molecule has 0 spiro atoms. The smallest absolute Gasteiger partial charge is 0.262 e. The van der Waals surface area contributed by atoms with E-state index in [-0.39, 0.29) is 23.5 Å². The lowest BCUT2D eigenvalue weighted by Crippen LogP contribution is -2.35. The van der Waals surface area contributed by atoms with E-state index >= 15 is 0 Å². The normalized spacial score (nSPS) is 20.5. The lowest BCUT2D eigenvalue weighted by molar-refractivity contribution is -0.122. The van der Waals surface area contributed by atoms with E-state index in [1.54, 1.807) is 0 Å². The zero-order chi connectivity index (χ0) is 15.6. The summed E-state index contributed by atoms with van der Waals surface area (Å²) >= 11 is 0. The number of rotatable bonds is 5. The molecule has 2 fully saturated rings. The van der Waals surface area contributed by atoms with E-state index in [4.69, 9.17) is 0 Å². The van der Waals surface area contributed by atoms with E-state index < -0.39 is 10.0 Å². The SMILES string of the molecule is O=C(Cn1cnc(S(=O)(=O)N2CCCC2)c1)NC1CCCC1. The number of nitrogens with zero attached hydrogens (tertiary/aromatic N) is 3. The second-order valence-corrected chi connectivity index (χ2v) is 7.93. The second-order valence-electron chi connectivity index (χ2n) is 6.04. The van der Waals surface area contributed by atoms with Gasteiger partial charge in [0.1, 0.15) is 6.54 Å². The van der Waals surface area contributed by atoms with Crippen LogP contribution in [0.3, 0.4) is 0 Å². The van der Waals surface area contributed by atoms with Gasteiger partial charge in [-0.2, -0.15) is 4.31 Å². The van der Waals surface area contributed by atoms with Crippen LogP contribution < -0.4 is 5.32 Å². The predicted octanol–water partition coefficient (Wildman–Crippen LogP) is 0.726. The van der Waals surface area contributed by atoms with Crippen molar-refractivity contribution in [2.75, 3.05) is 13.1 Å². The Balaban J connectivity index is 1.62. The Morgan fingerprint density at radius 1 is 1.23 bits per heavy atom. The Morgan fingerprint density at radius 2 is 1.91 bits per heavy atom. The molecule has 0 aromatic carbocycles. The predicted molar refractivity (Wildman–Crippen MR) is 80.6 cm³/mol. The third-order valence-electron chi connectivity index (χ3n) is 4.33. The number of imidazole rings is 1. The number of carbonyl (C=O) groups is 1. The van der Waals surface area contributed by atoms with Gasteiger partial charge in [0.05, 0.1) is 6.33 Å². The van der Waals surface area contributed by atoms with Crippen molar-refractivity contribution >= 4 is 15.9 Å². The molecule has 1 saturated carbocycles. The van der Waals surface area contributed by atoms with Gasteiger partial charge in [-0.3, -0.25) is 4.79 Å². The van der Waals surface area contributed by atoms with Crippen LogP contribution in [0.5, 0.6) is 0 Å². The second kappa shape index (κ2) is 6.37. The van der Waals surface area contributed by atoms with Crippen molar-refractivity contribution in [1.29, 1.82) is 0 Å². The molecule has 0 atom stereocenters. The van der Waals surface area contributed by atoms with Crippen molar-refractivity contribution in [2.45, 2.75) is 56.1 Å². The van der Waals surface area contributed by atoms with Crippen molar-refractivity contribution in [3.8, 4) is 0 Å². The summed E-state index contributed by atoms with van der Waals surface area (Å²) in [7, 11) is -3.51.